The van der Waals surface area contributed by atoms with E-state index in [-0.39, 0.29) is 5.84 Å². The fourth-order valence-electron chi connectivity index (χ4n) is 2.23. The summed E-state index contributed by atoms with van der Waals surface area (Å²) in [6.45, 7) is 0. The summed E-state index contributed by atoms with van der Waals surface area (Å²) in [5, 5.41) is 19.0. The number of halogens is 3. The maximum Gasteiger partial charge on any atom is 0.490 e. The maximum atomic E-state index is 10.6. The normalized spacial score (nSPS) is 11.1. The van der Waals surface area contributed by atoms with Gasteiger partial charge in [0.25, 0.3) is 0 Å². The van der Waals surface area contributed by atoms with Gasteiger partial charge in [0.15, 0.2) is 0 Å². The van der Waals surface area contributed by atoms with Crippen LogP contribution < -0.4 is 5.73 Å². The molecule has 0 spiro atoms. The summed E-state index contributed by atoms with van der Waals surface area (Å²) < 4.78 is 31.7. The van der Waals surface area contributed by atoms with E-state index in [1.54, 1.807) is 11.8 Å². The summed E-state index contributed by atoms with van der Waals surface area (Å²) >= 11 is 1.70. The molecule has 0 aliphatic carbocycles. The zero-order valence-electron chi connectivity index (χ0n) is 15.0. The molecule has 0 unspecified atom stereocenters. The number of nitrogens with two attached hydrogens (primary N) is 1. The molecular formula is C21H17F3N2O2S. The first kappa shape index (κ1) is 22.0. The number of nitrogen functional groups attached to an aromatic ring is 1. The van der Waals surface area contributed by atoms with E-state index in [1.165, 1.54) is 4.90 Å². The Morgan fingerprint density at radius 2 is 1.59 bits per heavy atom. The van der Waals surface area contributed by atoms with Gasteiger partial charge in [0, 0.05) is 10.5 Å². The Morgan fingerprint density at radius 3 is 2.17 bits per heavy atom. The van der Waals surface area contributed by atoms with E-state index < -0.39 is 12.1 Å². The molecule has 0 atom stereocenters. The van der Waals surface area contributed by atoms with Crippen LogP contribution in [-0.4, -0.2) is 23.1 Å². The second-order valence-electron chi connectivity index (χ2n) is 5.77. The largest absolute Gasteiger partial charge is 0.490 e. The van der Waals surface area contributed by atoms with Crippen molar-refractivity contribution in [2.24, 2.45) is 5.73 Å². The predicted molar refractivity (Wildman–Crippen MR) is 110 cm³/mol. The number of hydrogen-bond acceptors (Lipinski definition) is 3. The summed E-state index contributed by atoms with van der Waals surface area (Å²) in [6.07, 6.45) is -2.98. The van der Waals surface area contributed by atoms with E-state index in [0.717, 1.165) is 21.9 Å². The number of alkyl halides is 3. The van der Waals surface area contributed by atoms with Crippen LogP contribution >= 0.6 is 11.8 Å². The van der Waals surface area contributed by atoms with Gasteiger partial charge in [-0.3, -0.25) is 5.41 Å². The van der Waals surface area contributed by atoms with Crippen molar-refractivity contribution >= 4 is 40.4 Å². The monoisotopic (exact) mass is 418 g/mol. The van der Waals surface area contributed by atoms with Gasteiger partial charge in [0.1, 0.15) is 5.84 Å². The molecule has 0 aromatic heterocycles. The Balaban J connectivity index is 0.000000370. The standard InChI is InChI=1S/C19H16N2S.C2HF3O2/c20-19(21)17-9-8-15-12-14(6-7-16(15)13-17)10-11-22-18-4-2-1-3-5-18;3-2(4,5)1(6)7/h1-13H,(H3,20,21);(H,6,7)/b11-10+;. The smallest absolute Gasteiger partial charge is 0.475 e. The van der Waals surface area contributed by atoms with Crippen LogP contribution in [0.3, 0.4) is 0 Å². The lowest BCUT2D eigenvalue weighted by Gasteiger charge is -2.03. The maximum absolute atomic E-state index is 10.6. The summed E-state index contributed by atoms with van der Waals surface area (Å²) in [7, 11) is 0. The number of fused-ring (bicyclic) bond motifs is 1. The number of nitrogens with one attached hydrogen (secondary N) is 1. The van der Waals surface area contributed by atoms with Crippen molar-refractivity contribution in [1.29, 1.82) is 5.41 Å². The fraction of sp³-hybridized carbons (Fsp3) is 0.0476. The molecule has 0 aliphatic rings. The number of rotatable bonds is 4. The van der Waals surface area contributed by atoms with Crippen LogP contribution in [0.15, 0.2) is 77.0 Å². The third-order valence-corrected chi connectivity index (χ3v) is 4.44. The molecule has 3 aromatic rings. The van der Waals surface area contributed by atoms with Gasteiger partial charge in [-0.2, -0.15) is 13.2 Å². The number of hydrogen-bond donors (Lipinski definition) is 3. The zero-order valence-corrected chi connectivity index (χ0v) is 15.8. The number of carbonyl (C=O) groups is 1. The van der Waals surface area contributed by atoms with Crippen molar-refractivity contribution in [2.45, 2.75) is 11.1 Å². The molecule has 0 heterocycles. The van der Waals surface area contributed by atoms with E-state index in [9.17, 15) is 13.2 Å². The Bertz CT molecular complexity index is 1040. The van der Waals surface area contributed by atoms with Crippen LogP contribution in [0, 0.1) is 5.41 Å². The predicted octanol–water partition coefficient (Wildman–Crippen LogP) is 5.52. The van der Waals surface area contributed by atoms with Gasteiger partial charge < -0.3 is 10.8 Å². The molecule has 0 radical (unpaired) electrons. The third kappa shape index (κ3) is 7.00. The van der Waals surface area contributed by atoms with E-state index >= 15 is 0 Å². The third-order valence-electron chi connectivity index (χ3n) is 3.63. The molecule has 0 bridgehead atoms. The molecule has 0 amide bonds. The van der Waals surface area contributed by atoms with Crippen molar-refractivity contribution in [1.82, 2.24) is 0 Å². The Morgan fingerprint density at radius 1 is 1.00 bits per heavy atom. The lowest BCUT2D eigenvalue weighted by molar-refractivity contribution is -0.192. The quantitative estimate of drug-likeness (QED) is 0.296. The number of aliphatic carboxylic acids is 1. The van der Waals surface area contributed by atoms with E-state index in [1.807, 2.05) is 36.4 Å². The summed E-state index contributed by atoms with van der Waals surface area (Å²) in [4.78, 5) is 10.1. The van der Waals surface area contributed by atoms with Crippen LogP contribution in [-0.2, 0) is 4.79 Å². The number of carboxylic acid groups (broad SMARTS) is 1. The summed E-state index contributed by atoms with van der Waals surface area (Å²) in [5.74, 6) is -2.65. The average molecular weight is 418 g/mol. The molecule has 4 N–H and O–H groups in total. The van der Waals surface area contributed by atoms with Gasteiger partial charge in [-0.25, -0.2) is 4.79 Å². The minimum atomic E-state index is -5.08. The van der Waals surface area contributed by atoms with E-state index in [0.29, 0.717) is 0 Å². The first-order valence-corrected chi connectivity index (χ1v) is 9.11. The van der Waals surface area contributed by atoms with Crippen molar-refractivity contribution in [3.63, 3.8) is 0 Å². The highest BCUT2D eigenvalue weighted by Crippen LogP contribution is 2.22. The van der Waals surface area contributed by atoms with Crippen LogP contribution in [0.4, 0.5) is 13.2 Å². The van der Waals surface area contributed by atoms with Gasteiger partial charge in [0.2, 0.25) is 0 Å². The highest BCUT2D eigenvalue weighted by atomic mass is 32.2. The fourth-order valence-corrected chi connectivity index (χ4v) is 2.92. The number of thioether (sulfide) groups is 1. The SMILES string of the molecule is N=C(N)c1ccc2cc(/C=C/Sc3ccccc3)ccc2c1.O=C(O)C(F)(F)F. The molecule has 150 valence electrons. The van der Waals surface area contributed by atoms with Gasteiger partial charge in [-0.05, 0) is 52.1 Å². The van der Waals surface area contributed by atoms with Crippen LogP contribution in [0.5, 0.6) is 0 Å². The van der Waals surface area contributed by atoms with Gasteiger partial charge >= 0.3 is 12.1 Å². The van der Waals surface area contributed by atoms with Crippen LogP contribution in [0.2, 0.25) is 0 Å². The minimum absolute atomic E-state index is 0.102. The van der Waals surface area contributed by atoms with Crippen LogP contribution in [0.1, 0.15) is 11.1 Å². The first-order valence-electron chi connectivity index (χ1n) is 8.23. The Kier molecular flexibility index (Phi) is 7.44. The van der Waals surface area contributed by atoms with E-state index in [2.05, 4.69) is 41.8 Å². The van der Waals surface area contributed by atoms with Crippen molar-refractivity contribution < 1.29 is 23.1 Å². The lowest BCUT2D eigenvalue weighted by Crippen LogP contribution is -2.21. The first-order chi connectivity index (χ1) is 13.7. The Hall–Kier alpha value is -3.26. The molecule has 0 saturated carbocycles. The van der Waals surface area contributed by atoms with E-state index in [4.69, 9.17) is 21.0 Å². The number of carboxylic acids is 1. The molecule has 8 heteroatoms. The van der Waals surface area contributed by atoms with Crippen LogP contribution in [0.25, 0.3) is 16.8 Å². The molecule has 0 saturated heterocycles. The second kappa shape index (κ2) is 9.79. The molecule has 3 rings (SSSR count). The van der Waals surface area contributed by atoms with Gasteiger partial charge in [-0.1, -0.05) is 54.2 Å². The molecule has 4 nitrogen and oxygen atoms in total. The van der Waals surface area contributed by atoms with Crippen molar-refractivity contribution in [3.8, 4) is 0 Å². The highest BCUT2D eigenvalue weighted by molar-refractivity contribution is 8.02. The molecular weight excluding hydrogens is 401 g/mol. The summed E-state index contributed by atoms with van der Waals surface area (Å²) in [5.41, 5.74) is 7.44. The Labute approximate surface area is 169 Å². The molecule has 29 heavy (non-hydrogen) atoms. The second-order valence-corrected chi connectivity index (χ2v) is 6.75. The van der Waals surface area contributed by atoms with Crippen molar-refractivity contribution in [3.05, 3.63) is 83.3 Å². The number of benzene rings is 3. The highest BCUT2D eigenvalue weighted by Gasteiger charge is 2.38. The minimum Gasteiger partial charge on any atom is -0.475 e. The molecule has 3 aromatic carbocycles. The van der Waals surface area contributed by atoms with Gasteiger partial charge in [0.05, 0.1) is 0 Å². The topological polar surface area (TPSA) is 87.2 Å². The van der Waals surface area contributed by atoms with Crippen molar-refractivity contribution in [2.75, 3.05) is 0 Å². The summed E-state index contributed by atoms with van der Waals surface area (Å²) in [6, 6.07) is 22.4. The van der Waals surface area contributed by atoms with Gasteiger partial charge in [-0.15, -0.1) is 0 Å². The lowest BCUT2D eigenvalue weighted by atomic mass is 10.0. The number of amidine groups is 1. The zero-order chi connectivity index (χ0) is 21.4. The molecule has 0 fully saturated rings. The molecule has 0 aliphatic heterocycles. The average Bonchev–Trinajstić information content (AvgIpc) is 2.68.